The Kier molecular flexibility index (Phi) is 9.88. The zero-order chi connectivity index (χ0) is 21.7. The summed E-state index contributed by atoms with van der Waals surface area (Å²) in [5.74, 6) is -0.0988. The molecule has 0 rings (SSSR count). The minimum atomic E-state index is -0.410. The fourth-order valence-electron chi connectivity index (χ4n) is 4.62. The highest BCUT2D eigenvalue weighted by Crippen LogP contribution is 2.29. The van der Waals surface area contributed by atoms with Crippen molar-refractivity contribution in [2.75, 3.05) is 0 Å². The summed E-state index contributed by atoms with van der Waals surface area (Å²) in [6, 6.07) is 0. The predicted octanol–water partition coefficient (Wildman–Crippen LogP) is 4.70. The van der Waals surface area contributed by atoms with Gasteiger partial charge in [-0.25, -0.2) is 0 Å². The van der Waals surface area contributed by atoms with Gasteiger partial charge in [-0.05, 0) is 73.6 Å². The maximum Gasteiger partial charge on any atom is 0.223 e. The molecule has 27 heavy (non-hydrogen) atoms. The molecule has 0 spiro atoms. The standard InChI is InChI=1S/C22H46N2O2S/c1-11-16(13-17(25)12-2)18(26)23-19(3,4)14-20(5,6)24-21(7,8)15-22(9,10)27/h16-17,24-25,27H,11-15H2,1-10H3,(H,23,26). The number of carbonyl (C=O) groups is 1. The van der Waals surface area contributed by atoms with Gasteiger partial charge in [-0.15, -0.1) is 0 Å². The Morgan fingerprint density at radius 1 is 0.889 bits per heavy atom. The van der Waals surface area contributed by atoms with Crippen molar-refractivity contribution in [2.24, 2.45) is 5.92 Å². The van der Waals surface area contributed by atoms with Crippen LogP contribution in [0.2, 0.25) is 0 Å². The maximum atomic E-state index is 12.7. The van der Waals surface area contributed by atoms with Crippen LogP contribution in [-0.2, 0) is 4.79 Å². The van der Waals surface area contributed by atoms with E-state index < -0.39 is 6.10 Å². The second-order valence-electron chi connectivity index (χ2n) is 10.8. The van der Waals surface area contributed by atoms with Crippen molar-refractivity contribution in [3.05, 3.63) is 0 Å². The molecule has 0 aromatic rings. The zero-order valence-corrected chi connectivity index (χ0v) is 20.4. The molecule has 0 heterocycles. The number of carbonyl (C=O) groups excluding carboxylic acids is 1. The summed E-state index contributed by atoms with van der Waals surface area (Å²) in [4.78, 5) is 12.7. The summed E-state index contributed by atoms with van der Waals surface area (Å²) in [5, 5.41) is 16.9. The van der Waals surface area contributed by atoms with Gasteiger partial charge in [-0.2, -0.15) is 12.6 Å². The molecule has 5 heteroatoms. The van der Waals surface area contributed by atoms with Crippen LogP contribution < -0.4 is 10.6 Å². The van der Waals surface area contributed by atoms with Gasteiger partial charge in [0.05, 0.1) is 6.10 Å². The molecule has 0 saturated carbocycles. The van der Waals surface area contributed by atoms with Crippen LogP contribution in [0.1, 0.15) is 101 Å². The molecule has 0 aliphatic heterocycles. The number of hydrogen-bond donors (Lipinski definition) is 4. The number of hydrogen-bond acceptors (Lipinski definition) is 4. The van der Waals surface area contributed by atoms with E-state index in [0.29, 0.717) is 12.8 Å². The van der Waals surface area contributed by atoms with Gasteiger partial charge >= 0.3 is 0 Å². The molecule has 0 aromatic carbocycles. The third kappa shape index (κ3) is 12.0. The van der Waals surface area contributed by atoms with Crippen molar-refractivity contribution in [1.29, 1.82) is 0 Å². The molecule has 0 aliphatic rings. The second-order valence-corrected chi connectivity index (χ2v) is 12.0. The van der Waals surface area contributed by atoms with Crippen molar-refractivity contribution in [2.45, 2.75) is 129 Å². The molecule has 0 saturated heterocycles. The van der Waals surface area contributed by atoms with E-state index in [1.165, 1.54) is 0 Å². The van der Waals surface area contributed by atoms with Gasteiger partial charge in [0.25, 0.3) is 0 Å². The van der Waals surface area contributed by atoms with E-state index in [-0.39, 0.29) is 33.2 Å². The molecule has 1 amide bonds. The second kappa shape index (κ2) is 9.98. The van der Waals surface area contributed by atoms with Crippen LogP contribution in [0, 0.1) is 5.92 Å². The largest absolute Gasteiger partial charge is 0.393 e. The van der Waals surface area contributed by atoms with Gasteiger partial charge < -0.3 is 15.7 Å². The van der Waals surface area contributed by atoms with E-state index in [1.54, 1.807) is 0 Å². The van der Waals surface area contributed by atoms with E-state index >= 15 is 0 Å². The van der Waals surface area contributed by atoms with Crippen molar-refractivity contribution in [3.8, 4) is 0 Å². The first-order chi connectivity index (χ1) is 11.9. The number of rotatable bonds is 12. The fraction of sp³-hybridized carbons (Fsp3) is 0.955. The number of amides is 1. The quantitative estimate of drug-likeness (QED) is 0.358. The number of aliphatic hydroxyl groups is 1. The van der Waals surface area contributed by atoms with Crippen LogP contribution in [0.4, 0.5) is 0 Å². The summed E-state index contributed by atoms with van der Waals surface area (Å²) in [6.45, 7) is 21.2. The van der Waals surface area contributed by atoms with Gasteiger partial charge in [0.15, 0.2) is 0 Å². The fourth-order valence-corrected chi connectivity index (χ4v) is 5.02. The van der Waals surface area contributed by atoms with Crippen molar-refractivity contribution < 1.29 is 9.90 Å². The third-order valence-electron chi connectivity index (χ3n) is 4.79. The van der Waals surface area contributed by atoms with Crippen LogP contribution in [0.25, 0.3) is 0 Å². The van der Waals surface area contributed by atoms with Crippen LogP contribution >= 0.6 is 12.6 Å². The first-order valence-corrected chi connectivity index (χ1v) is 10.9. The molecule has 2 unspecified atom stereocenters. The lowest BCUT2D eigenvalue weighted by Gasteiger charge is -2.44. The Morgan fingerprint density at radius 3 is 1.78 bits per heavy atom. The van der Waals surface area contributed by atoms with Crippen molar-refractivity contribution >= 4 is 18.5 Å². The molecule has 162 valence electrons. The highest BCUT2D eigenvalue weighted by atomic mass is 32.1. The van der Waals surface area contributed by atoms with Crippen LogP contribution in [0.5, 0.6) is 0 Å². The van der Waals surface area contributed by atoms with E-state index in [9.17, 15) is 9.90 Å². The monoisotopic (exact) mass is 402 g/mol. The SMILES string of the molecule is CCC(O)CC(CC)C(=O)NC(C)(C)CC(C)(C)NC(C)(C)CC(C)(C)S. The molecule has 0 aromatic heterocycles. The van der Waals surface area contributed by atoms with Gasteiger partial charge in [0.1, 0.15) is 0 Å². The Balaban J connectivity index is 4.98. The maximum absolute atomic E-state index is 12.7. The highest BCUT2D eigenvalue weighted by molar-refractivity contribution is 7.81. The van der Waals surface area contributed by atoms with E-state index in [2.05, 4.69) is 78.7 Å². The first kappa shape index (κ1) is 26.7. The summed E-state index contributed by atoms with van der Waals surface area (Å²) >= 11 is 4.68. The third-order valence-corrected chi connectivity index (χ3v) is 4.95. The van der Waals surface area contributed by atoms with E-state index in [1.807, 2.05) is 13.8 Å². The van der Waals surface area contributed by atoms with Crippen molar-refractivity contribution in [1.82, 2.24) is 10.6 Å². The average Bonchev–Trinajstić information content (AvgIpc) is 2.37. The van der Waals surface area contributed by atoms with Gasteiger partial charge in [0, 0.05) is 27.3 Å². The Bertz CT molecular complexity index is 467. The molecule has 0 radical (unpaired) electrons. The molecule has 3 N–H and O–H groups in total. The Labute approximate surface area is 174 Å². The van der Waals surface area contributed by atoms with Gasteiger partial charge in [0.2, 0.25) is 5.91 Å². The molecular weight excluding hydrogens is 356 g/mol. The summed E-state index contributed by atoms with van der Waals surface area (Å²) in [7, 11) is 0. The molecule has 0 bridgehead atoms. The predicted molar refractivity (Wildman–Crippen MR) is 121 cm³/mol. The summed E-state index contributed by atoms with van der Waals surface area (Å²) in [6.07, 6.45) is 3.28. The van der Waals surface area contributed by atoms with Crippen LogP contribution in [0.3, 0.4) is 0 Å². The van der Waals surface area contributed by atoms with Gasteiger partial charge in [-0.3, -0.25) is 4.79 Å². The molecule has 0 aliphatic carbocycles. The normalized spacial score (nSPS) is 16.1. The topological polar surface area (TPSA) is 61.4 Å². The van der Waals surface area contributed by atoms with Crippen LogP contribution in [-0.4, -0.2) is 38.5 Å². The van der Waals surface area contributed by atoms with E-state index in [4.69, 9.17) is 0 Å². The minimum Gasteiger partial charge on any atom is -0.393 e. The number of thiol groups is 1. The highest BCUT2D eigenvalue weighted by Gasteiger charge is 2.36. The Morgan fingerprint density at radius 2 is 1.37 bits per heavy atom. The minimum absolute atomic E-state index is 0.0431. The lowest BCUT2D eigenvalue weighted by atomic mass is 9.82. The number of nitrogens with one attached hydrogen (secondary N) is 2. The Hall–Kier alpha value is -0.260. The molecular formula is C22H46N2O2S. The van der Waals surface area contributed by atoms with E-state index in [0.717, 1.165) is 19.3 Å². The van der Waals surface area contributed by atoms with Crippen LogP contribution in [0.15, 0.2) is 0 Å². The molecule has 0 fully saturated rings. The van der Waals surface area contributed by atoms with Gasteiger partial charge in [-0.1, -0.05) is 27.7 Å². The number of aliphatic hydroxyl groups excluding tert-OH is 1. The molecule has 4 nitrogen and oxygen atoms in total. The summed E-state index contributed by atoms with van der Waals surface area (Å²) in [5.41, 5.74) is -0.555. The lowest BCUT2D eigenvalue weighted by molar-refractivity contribution is -0.128. The van der Waals surface area contributed by atoms with Crippen molar-refractivity contribution in [3.63, 3.8) is 0 Å². The molecule has 2 atom stereocenters. The smallest absolute Gasteiger partial charge is 0.223 e. The zero-order valence-electron chi connectivity index (χ0n) is 19.5. The first-order valence-electron chi connectivity index (χ1n) is 10.4. The lowest BCUT2D eigenvalue weighted by Crippen LogP contribution is -2.59. The average molecular weight is 403 g/mol. The summed E-state index contributed by atoms with van der Waals surface area (Å²) < 4.78 is -0.0508.